The summed E-state index contributed by atoms with van der Waals surface area (Å²) in [5.74, 6) is 0. The summed E-state index contributed by atoms with van der Waals surface area (Å²) in [5, 5.41) is 20.0. The fourth-order valence-corrected chi connectivity index (χ4v) is 4.52. The van der Waals surface area contributed by atoms with Gasteiger partial charge in [0, 0.05) is 0 Å². The summed E-state index contributed by atoms with van der Waals surface area (Å²) in [6.07, 6.45) is 0.942. The zero-order valence-corrected chi connectivity index (χ0v) is 12.2. The number of hydrogen-bond donors (Lipinski definition) is 1. The molecule has 1 saturated heterocycles. The van der Waals surface area contributed by atoms with Crippen LogP contribution in [0, 0.1) is 15.5 Å². The van der Waals surface area contributed by atoms with Crippen LogP contribution in [-0.2, 0) is 0 Å². The second kappa shape index (κ2) is 5.26. The summed E-state index contributed by atoms with van der Waals surface area (Å²) >= 11 is 6.28. The Labute approximate surface area is 116 Å². The number of non-ortho nitro benzene ring substituents is 1. The van der Waals surface area contributed by atoms with Crippen molar-refractivity contribution in [3.63, 3.8) is 0 Å². The minimum atomic E-state index is -0.466. The van der Waals surface area contributed by atoms with Gasteiger partial charge in [-0.2, -0.15) is 0 Å². The summed E-state index contributed by atoms with van der Waals surface area (Å²) in [7, 11) is 0. The van der Waals surface area contributed by atoms with Crippen LogP contribution in [-0.4, -0.2) is 30.7 Å². The predicted molar refractivity (Wildman–Crippen MR) is 73.0 cm³/mol. The van der Waals surface area contributed by atoms with Crippen molar-refractivity contribution in [2.75, 3.05) is 4.90 Å². The van der Waals surface area contributed by atoms with Gasteiger partial charge in [-0.15, -0.1) is 0 Å². The molecule has 0 radical (unpaired) electrons. The van der Waals surface area contributed by atoms with Crippen LogP contribution in [0.15, 0.2) is 18.2 Å². The molecule has 1 N–H and O–H groups in total. The molecule has 1 aromatic carbocycles. The first kappa shape index (κ1) is 13.3. The molecule has 0 saturated carbocycles. The average molecular weight is 333 g/mol. The Morgan fingerprint density at radius 1 is 1.67 bits per heavy atom. The van der Waals surface area contributed by atoms with Crippen LogP contribution in [0.2, 0.25) is 10.3 Å². The topological polar surface area (TPSA) is 70.2 Å². The molecule has 1 aliphatic heterocycles. The van der Waals surface area contributed by atoms with E-state index in [0.717, 1.165) is 11.7 Å². The quantitative estimate of drug-likeness (QED) is 0.525. The molecule has 1 atom stereocenters. The van der Waals surface area contributed by atoms with Crippen LogP contribution in [0.3, 0.4) is 0 Å². The number of nitrogens with zero attached hydrogens (tertiary/aromatic N) is 2. The van der Waals surface area contributed by atoms with E-state index in [2.05, 4.69) is 6.92 Å². The van der Waals surface area contributed by atoms with E-state index < -0.39 is 4.92 Å². The zero-order valence-electron chi connectivity index (χ0n) is 9.72. The van der Waals surface area contributed by atoms with Gasteiger partial charge in [0.25, 0.3) is 0 Å². The summed E-state index contributed by atoms with van der Waals surface area (Å²) < 4.78 is 0.588. The Kier molecular flexibility index (Phi) is 3.90. The molecule has 0 aromatic heterocycles. The predicted octanol–water partition coefficient (Wildman–Crippen LogP) is 2.90. The fourth-order valence-electron chi connectivity index (χ4n) is 1.90. The molecule has 0 aliphatic carbocycles. The third kappa shape index (κ3) is 2.36. The van der Waals surface area contributed by atoms with Gasteiger partial charge in [0.05, 0.1) is 0 Å². The van der Waals surface area contributed by atoms with Crippen molar-refractivity contribution in [1.29, 1.82) is 5.41 Å². The molecule has 7 heteroatoms. The van der Waals surface area contributed by atoms with Crippen molar-refractivity contribution in [1.82, 2.24) is 0 Å². The molecule has 1 aromatic rings. The maximum atomic E-state index is 10.7. The Hall–Kier alpha value is -1.10. The third-order valence-electron chi connectivity index (χ3n) is 2.87. The molecule has 96 valence electrons. The monoisotopic (exact) mass is 333 g/mol. The van der Waals surface area contributed by atoms with E-state index in [9.17, 15) is 10.1 Å². The van der Waals surface area contributed by atoms with Crippen LogP contribution in [0.4, 0.5) is 11.4 Å². The van der Waals surface area contributed by atoms with Crippen molar-refractivity contribution in [3.8, 4) is 0 Å². The molecule has 1 unspecified atom stereocenters. The number of nitro benzene ring substituents is 1. The number of amidine groups is 1. The van der Waals surface area contributed by atoms with E-state index in [1.165, 1.54) is 12.1 Å². The minimum absolute atomic E-state index is 0.0203. The van der Waals surface area contributed by atoms with E-state index in [1.54, 1.807) is 6.07 Å². The van der Waals surface area contributed by atoms with Gasteiger partial charge in [-0.05, 0) is 0 Å². The van der Waals surface area contributed by atoms with Crippen molar-refractivity contribution in [3.05, 3.63) is 33.3 Å². The third-order valence-corrected chi connectivity index (χ3v) is 5.32. The SMILES string of the molecule is CCC1C[Se]C(=N)N1c1ccc([N+](=O)[O-])cc1Cl. The Bertz CT molecular complexity index is 509. The van der Waals surface area contributed by atoms with Gasteiger partial charge in [0.2, 0.25) is 0 Å². The van der Waals surface area contributed by atoms with Gasteiger partial charge in [-0.25, -0.2) is 0 Å². The van der Waals surface area contributed by atoms with Crippen LogP contribution in [0.25, 0.3) is 0 Å². The van der Waals surface area contributed by atoms with E-state index in [4.69, 9.17) is 17.0 Å². The molecule has 2 rings (SSSR count). The number of halogens is 1. The second-order valence-electron chi connectivity index (χ2n) is 3.94. The normalized spacial score (nSPS) is 19.3. The number of benzene rings is 1. The number of rotatable bonds is 3. The fraction of sp³-hybridized carbons (Fsp3) is 0.364. The van der Waals surface area contributed by atoms with E-state index >= 15 is 0 Å². The van der Waals surface area contributed by atoms with Gasteiger partial charge in [0.1, 0.15) is 0 Å². The van der Waals surface area contributed by atoms with Crippen LogP contribution in [0.1, 0.15) is 13.3 Å². The molecular weight excluding hydrogens is 321 g/mol. The average Bonchev–Trinajstić information content (AvgIpc) is 2.70. The zero-order chi connectivity index (χ0) is 13.3. The summed E-state index contributed by atoms with van der Waals surface area (Å²) in [6.45, 7) is 2.08. The molecule has 18 heavy (non-hydrogen) atoms. The number of nitro groups is 1. The maximum absolute atomic E-state index is 10.7. The van der Waals surface area contributed by atoms with Gasteiger partial charge in [0.15, 0.2) is 0 Å². The van der Waals surface area contributed by atoms with Gasteiger partial charge in [-0.3, -0.25) is 0 Å². The molecule has 1 aliphatic rings. The summed E-state index contributed by atoms with van der Waals surface area (Å²) in [4.78, 5) is 12.1. The van der Waals surface area contributed by atoms with Crippen LogP contribution in [0.5, 0.6) is 0 Å². The first-order valence-corrected chi connectivity index (χ1v) is 7.93. The Balaban J connectivity index is 2.38. The first-order valence-electron chi connectivity index (χ1n) is 5.49. The van der Waals surface area contributed by atoms with Crippen molar-refractivity contribution >= 4 is 42.7 Å². The van der Waals surface area contributed by atoms with Gasteiger partial charge in [-0.1, -0.05) is 0 Å². The number of nitrogens with one attached hydrogen (secondary N) is 1. The van der Waals surface area contributed by atoms with Gasteiger partial charge >= 0.3 is 116 Å². The molecular formula is C11H12ClN3O2Se. The molecule has 1 heterocycles. The van der Waals surface area contributed by atoms with E-state index in [-0.39, 0.29) is 26.7 Å². The molecule has 0 amide bonds. The van der Waals surface area contributed by atoms with Crippen LogP contribution < -0.4 is 4.90 Å². The standard InChI is InChI=1S/C11H12ClN3O2Se/c1-2-7-6-18-11(13)14(7)10-4-3-8(15(16)17)5-9(10)12/h3-5,7,13H,2,6H2,1H3. The van der Waals surface area contributed by atoms with Crippen molar-refractivity contribution in [2.45, 2.75) is 24.7 Å². The van der Waals surface area contributed by atoms with Crippen molar-refractivity contribution in [2.24, 2.45) is 0 Å². The van der Waals surface area contributed by atoms with E-state index in [1.807, 2.05) is 4.90 Å². The van der Waals surface area contributed by atoms with Crippen LogP contribution >= 0.6 is 11.6 Å². The molecule has 0 bridgehead atoms. The Morgan fingerprint density at radius 3 is 2.94 bits per heavy atom. The number of anilines is 1. The molecule has 1 fully saturated rings. The van der Waals surface area contributed by atoms with Gasteiger partial charge < -0.3 is 0 Å². The number of hydrogen-bond acceptors (Lipinski definition) is 3. The second-order valence-corrected chi connectivity index (χ2v) is 6.46. The first-order chi connectivity index (χ1) is 8.54. The Morgan fingerprint density at radius 2 is 2.39 bits per heavy atom. The molecule has 0 spiro atoms. The van der Waals surface area contributed by atoms with E-state index in [0.29, 0.717) is 15.4 Å². The summed E-state index contributed by atoms with van der Waals surface area (Å²) in [5.41, 5.74) is 0.687. The summed E-state index contributed by atoms with van der Waals surface area (Å²) in [6, 6.07) is 4.71. The molecule has 5 nitrogen and oxygen atoms in total. The van der Waals surface area contributed by atoms with Crippen molar-refractivity contribution < 1.29 is 4.92 Å².